The molecule has 1 aliphatic carbocycles. The lowest BCUT2D eigenvalue weighted by Crippen LogP contribution is -2.39. The van der Waals surface area contributed by atoms with Crippen molar-refractivity contribution < 1.29 is 35.8 Å². The third kappa shape index (κ3) is 8.80. The highest BCUT2D eigenvalue weighted by Gasteiger charge is 2.31. The lowest BCUT2D eigenvalue weighted by molar-refractivity contribution is -0.0601. The van der Waals surface area contributed by atoms with Crippen LogP contribution in [0.2, 0.25) is 0 Å². The number of hydrogen-bond acceptors (Lipinski definition) is 8. The van der Waals surface area contributed by atoms with Crippen LogP contribution in [-0.4, -0.2) is 103 Å². The van der Waals surface area contributed by atoms with E-state index in [1.807, 2.05) is 13.8 Å². The van der Waals surface area contributed by atoms with E-state index in [1.54, 1.807) is 48.5 Å². The van der Waals surface area contributed by atoms with Crippen LogP contribution in [0.1, 0.15) is 30.4 Å². The molecule has 0 N–H and O–H groups in total. The summed E-state index contributed by atoms with van der Waals surface area (Å²) in [4.78, 5) is 0.474. The number of aryl methyl sites for hydroxylation is 2. The Balaban J connectivity index is 1.43. The van der Waals surface area contributed by atoms with E-state index in [4.69, 9.17) is 18.9 Å². The van der Waals surface area contributed by atoms with Crippen molar-refractivity contribution in [2.24, 2.45) is 0 Å². The lowest BCUT2D eigenvalue weighted by Gasteiger charge is -2.27. The van der Waals surface area contributed by atoms with Gasteiger partial charge in [-0.1, -0.05) is 35.4 Å². The number of benzene rings is 2. The Morgan fingerprint density at radius 1 is 0.561 bits per heavy atom. The lowest BCUT2D eigenvalue weighted by atomic mass is 10.2. The number of hydrogen-bond donors (Lipinski definition) is 0. The molecule has 1 aliphatic heterocycles. The van der Waals surface area contributed by atoms with Crippen molar-refractivity contribution in [3.63, 3.8) is 0 Å². The summed E-state index contributed by atoms with van der Waals surface area (Å²) in [5.41, 5.74) is 1.97. The number of sulfonamides is 2. The van der Waals surface area contributed by atoms with Crippen LogP contribution < -0.4 is 0 Å². The Morgan fingerprint density at radius 2 is 0.927 bits per heavy atom. The van der Waals surface area contributed by atoms with E-state index < -0.39 is 20.0 Å². The molecule has 1 heterocycles. The second-order valence-electron chi connectivity index (χ2n) is 10.4. The van der Waals surface area contributed by atoms with Gasteiger partial charge >= 0.3 is 0 Å². The first-order chi connectivity index (χ1) is 19.7. The van der Waals surface area contributed by atoms with E-state index in [0.29, 0.717) is 0 Å². The van der Waals surface area contributed by atoms with Crippen molar-refractivity contribution in [2.45, 2.75) is 55.1 Å². The van der Waals surface area contributed by atoms with E-state index in [1.165, 1.54) is 8.61 Å². The molecule has 4 rings (SSSR count). The van der Waals surface area contributed by atoms with E-state index >= 15 is 0 Å². The molecule has 0 bridgehead atoms. The quantitative estimate of drug-likeness (QED) is 0.520. The zero-order valence-corrected chi connectivity index (χ0v) is 25.6. The van der Waals surface area contributed by atoms with Crippen LogP contribution in [-0.2, 0) is 39.0 Å². The van der Waals surface area contributed by atoms with Crippen molar-refractivity contribution >= 4 is 20.0 Å². The highest BCUT2D eigenvalue weighted by Crippen LogP contribution is 2.26. The Kier molecular flexibility index (Phi) is 11.7. The first-order valence-electron chi connectivity index (χ1n) is 14.2. The van der Waals surface area contributed by atoms with Crippen LogP contribution in [0.25, 0.3) is 0 Å². The maximum atomic E-state index is 13.4. The summed E-state index contributed by atoms with van der Waals surface area (Å²) in [7, 11) is -7.45. The first kappa shape index (κ1) is 32.0. The molecular weight excluding hydrogens is 568 g/mol. The van der Waals surface area contributed by atoms with Crippen molar-refractivity contribution in [3.8, 4) is 0 Å². The third-order valence-corrected chi connectivity index (χ3v) is 11.2. The molecule has 2 aliphatic rings. The molecule has 0 spiro atoms. The van der Waals surface area contributed by atoms with Gasteiger partial charge in [-0.15, -0.1) is 0 Å². The van der Waals surface area contributed by atoms with E-state index in [9.17, 15) is 16.8 Å². The molecule has 10 nitrogen and oxygen atoms in total. The second-order valence-corrected chi connectivity index (χ2v) is 14.3. The van der Waals surface area contributed by atoms with Gasteiger partial charge in [-0.3, -0.25) is 0 Å². The predicted molar refractivity (Wildman–Crippen MR) is 155 cm³/mol. The summed E-state index contributed by atoms with van der Waals surface area (Å²) >= 11 is 0. The van der Waals surface area contributed by atoms with Crippen molar-refractivity contribution in [3.05, 3.63) is 59.7 Å². The highest BCUT2D eigenvalue weighted by molar-refractivity contribution is 7.89. The average molecular weight is 611 g/mol. The van der Waals surface area contributed by atoms with Crippen LogP contribution in [0, 0.1) is 13.8 Å². The van der Waals surface area contributed by atoms with E-state index in [2.05, 4.69) is 0 Å². The molecule has 2 atom stereocenters. The molecule has 2 aromatic rings. The van der Waals surface area contributed by atoms with Gasteiger partial charge in [0.2, 0.25) is 20.0 Å². The molecule has 0 unspecified atom stereocenters. The molecule has 0 amide bonds. The summed E-state index contributed by atoms with van der Waals surface area (Å²) in [5, 5.41) is 0. The molecule has 2 aromatic carbocycles. The van der Waals surface area contributed by atoms with E-state index in [0.717, 1.165) is 30.4 Å². The molecule has 1 saturated carbocycles. The van der Waals surface area contributed by atoms with Crippen molar-refractivity contribution in [1.82, 2.24) is 8.61 Å². The van der Waals surface area contributed by atoms with Gasteiger partial charge in [0, 0.05) is 26.2 Å². The van der Waals surface area contributed by atoms with Gasteiger partial charge in [-0.2, -0.15) is 8.61 Å². The zero-order valence-electron chi connectivity index (χ0n) is 23.9. The van der Waals surface area contributed by atoms with Crippen LogP contribution in [0.3, 0.4) is 0 Å². The minimum absolute atomic E-state index is 0.173. The number of fused-ring (bicyclic) bond motifs is 1. The smallest absolute Gasteiger partial charge is 0.243 e. The summed E-state index contributed by atoms with van der Waals surface area (Å²) in [5.74, 6) is 0. The molecular formula is C29H42N2O8S2. The number of rotatable bonds is 4. The van der Waals surface area contributed by atoms with Gasteiger partial charge in [0.05, 0.1) is 61.6 Å². The van der Waals surface area contributed by atoms with Crippen molar-refractivity contribution in [1.29, 1.82) is 0 Å². The van der Waals surface area contributed by atoms with Gasteiger partial charge < -0.3 is 18.9 Å². The standard InChI is InChI=1S/C29H42N2O8S2/c1-24-6-10-26(11-7-24)40(32,33)30-14-18-36-22-23-37-19-15-31(41(34,35)27-12-8-25(2)9-13-27)17-21-39-29-5-3-4-28(29)38-20-16-30/h6-13,28-29H,3-5,14-23H2,1-2H3/t28-,29-/m1/s1. The molecule has 0 aromatic heterocycles. The van der Waals surface area contributed by atoms with Gasteiger partial charge in [-0.25, -0.2) is 16.8 Å². The largest absolute Gasteiger partial charge is 0.378 e. The summed E-state index contributed by atoms with van der Waals surface area (Å²) < 4.78 is 80.0. The van der Waals surface area contributed by atoms with Crippen molar-refractivity contribution in [2.75, 3.05) is 65.8 Å². The summed E-state index contributed by atoms with van der Waals surface area (Å²) in [6, 6.07) is 13.6. The Hall–Kier alpha value is -1.90. The second kappa shape index (κ2) is 15.0. The Bertz CT molecular complexity index is 1200. The minimum Gasteiger partial charge on any atom is -0.378 e. The normalized spacial score (nSPS) is 23.9. The summed E-state index contributed by atoms with van der Waals surface area (Å²) in [6.45, 7) is 5.87. The summed E-state index contributed by atoms with van der Waals surface area (Å²) in [6.07, 6.45) is 2.17. The zero-order chi connectivity index (χ0) is 29.3. The molecule has 41 heavy (non-hydrogen) atoms. The topological polar surface area (TPSA) is 112 Å². The monoisotopic (exact) mass is 610 g/mol. The fourth-order valence-corrected chi connectivity index (χ4v) is 7.78. The SMILES string of the molecule is Cc1ccc(S(=O)(=O)N2CCOCCOCCN(S(=O)(=O)c3ccc(C)cc3)CCO[C@@H]3CCC[C@H]3OCC2)cc1. The molecule has 228 valence electrons. The number of nitrogens with zero attached hydrogens (tertiary/aromatic N) is 2. The van der Waals surface area contributed by atoms with Crippen LogP contribution >= 0.6 is 0 Å². The molecule has 0 radical (unpaired) electrons. The fraction of sp³-hybridized carbons (Fsp3) is 0.586. The number of ether oxygens (including phenoxy) is 4. The van der Waals surface area contributed by atoms with Gasteiger partial charge in [-0.05, 0) is 57.4 Å². The highest BCUT2D eigenvalue weighted by atomic mass is 32.2. The molecule has 12 heteroatoms. The Labute approximate surface area is 244 Å². The maximum absolute atomic E-state index is 13.4. The van der Waals surface area contributed by atoms with Gasteiger partial charge in [0.25, 0.3) is 0 Å². The fourth-order valence-electron chi connectivity index (χ4n) is 4.96. The van der Waals surface area contributed by atoms with Crippen LogP contribution in [0.15, 0.2) is 58.3 Å². The molecule has 1 saturated heterocycles. The van der Waals surface area contributed by atoms with Crippen LogP contribution in [0.4, 0.5) is 0 Å². The molecule has 2 fully saturated rings. The maximum Gasteiger partial charge on any atom is 0.243 e. The van der Waals surface area contributed by atoms with Crippen LogP contribution in [0.5, 0.6) is 0 Å². The minimum atomic E-state index is -3.73. The predicted octanol–water partition coefficient (Wildman–Crippen LogP) is 2.99. The third-order valence-electron chi connectivity index (χ3n) is 7.40. The Morgan fingerprint density at radius 3 is 1.32 bits per heavy atom. The van der Waals surface area contributed by atoms with Gasteiger partial charge in [0.1, 0.15) is 0 Å². The van der Waals surface area contributed by atoms with E-state index in [-0.39, 0.29) is 87.8 Å². The average Bonchev–Trinajstić information content (AvgIpc) is 3.39. The first-order valence-corrected chi connectivity index (χ1v) is 17.1. The van der Waals surface area contributed by atoms with Gasteiger partial charge in [0.15, 0.2) is 0 Å².